The molecule has 0 amide bonds. The van der Waals surface area contributed by atoms with Crippen LogP contribution < -0.4 is 9.46 Å². The summed E-state index contributed by atoms with van der Waals surface area (Å²) in [7, 11) is -2.22. The van der Waals surface area contributed by atoms with Gasteiger partial charge in [0.15, 0.2) is 0 Å². The Morgan fingerprint density at radius 2 is 1.85 bits per heavy atom. The number of hydrogen-bond acceptors (Lipinski definition) is 4. The number of benzene rings is 2. The monoisotopic (exact) mass is 293 g/mol. The van der Waals surface area contributed by atoms with Crippen LogP contribution in [0.5, 0.6) is 5.75 Å². The Hall–Kier alpha value is -2.05. The lowest BCUT2D eigenvalue weighted by Gasteiger charge is -2.12. The molecule has 106 valence electrons. The van der Waals surface area contributed by atoms with Gasteiger partial charge in [-0.05, 0) is 29.8 Å². The van der Waals surface area contributed by atoms with Gasteiger partial charge < -0.3 is 9.84 Å². The molecular weight excluding hydrogens is 278 g/mol. The summed E-state index contributed by atoms with van der Waals surface area (Å²) in [4.78, 5) is 0.174. The van der Waals surface area contributed by atoms with Crippen molar-refractivity contribution in [1.82, 2.24) is 0 Å². The highest BCUT2D eigenvalue weighted by Gasteiger charge is 2.16. The highest BCUT2D eigenvalue weighted by Crippen LogP contribution is 2.28. The van der Waals surface area contributed by atoms with Crippen LogP contribution in [-0.4, -0.2) is 20.6 Å². The van der Waals surface area contributed by atoms with Gasteiger partial charge >= 0.3 is 0 Å². The molecule has 6 heteroatoms. The first-order valence-corrected chi connectivity index (χ1v) is 7.41. The van der Waals surface area contributed by atoms with E-state index in [-0.39, 0.29) is 11.5 Å². The van der Waals surface area contributed by atoms with Crippen LogP contribution in [0.1, 0.15) is 5.56 Å². The maximum absolute atomic E-state index is 12.2. The summed E-state index contributed by atoms with van der Waals surface area (Å²) in [6.45, 7) is -0.137. The number of methoxy groups -OCH3 is 1. The van der Waals surface area contributed by atoms with E-state index in [9.17, 15) is 8.42 Å². The molecule has 0 unspecified atom stereocenters. The van der Waals surface area contributed by atoms with Gasteiger partial charge in [-0.3, -0.25) is 4.72 Å². The van der Waals surface area contributed by atoms with Crippen LogP contribution in [-0.2, 0) is 16.6 Å². The summed E-state index contributed by atoms with van der Waals surface area (Å²) < 4.78 is 32.0. The summed E-state index contributed by atoms with van der Waals surface area (Å²) in [5.41, 5.74) is 0.970. The predicted molar refractivity (Wildman–Crippen MR) is 76.2 cm³/mol. The molecule has 20 heavy (non-hydrogen) atoms. The van der Waals surface area contributed by atoms with Crippen molar-refractivity contribution in [2.45, 2.75) is 11.5 Å². The molecule has 0 radical (unpaired) electrons. The fourth-order valence-corrected chi connectivity index (χ4v) is 2.81. The van der Waals surface area contributed by atoms with Crippen LogP contribution >= 0.6 is 0 Å². The first-order chi connectivity index (χ1) is 9.56. The molecule has 0 fully saturated rings. The minimum absolute atomic E-state index is 0.137. The fourth-order valence-electron chi connectivity index (χ4n) is 1.72. The molecule has 0 spiro atoms. The molecule has 0 aromatic heterocycles. The number of aliphatic hydroxyl groups excluding tert-OH is 1. The van der Waals surface area contributed by atoms with E-state index in [0.29, 0.717) is 17.0 Å². The standard InChI is InChI=1S/C14H15NO4S/c1-19-14-9-11(10-16)7-8-13(14)15-20(17,18)12-5-3-2-4-6-12/h2-9,15-16H,10H2,1H3. The van der Waals surface area contributed by atoms with Crippen LogP contribution in [0.3, 0.4) is 0 Å². The van der Waals surface area contributed by atoms with Gasteiger partial charge in [0.1, 0.15) is 5.75 Å². The van der Waals surface area contributed by atoms with Gasteiger partial charge in [-0.1, -0.05) is 24.3 Å². The van der Waals surface area contributed by atoms with E-state index in [0.717, 1.165) is 0 Å². The topological polar surface area (TPSA) is 75.6 Å². The Balaban J connectivity index is 2.35. The molecule has 5 nitrogen and oxygen atoms in total. The van der Waals surface area contributed by atoms with Crippen molar-refractivity contribution in [1.29, 1.82) is 0 Å². The van der Waals surface area contributed by atoms with Crippen molar-refractivity contribution in [3.8, 4) is 5.75 Å². The Labute approximate surface area is 117 Å². The summed E-state index contributed by atoms with van der Waals surface area (Å²) in [5.74, 6) is 0.357. The molecule has 2 rings (SSSR count). The molecule has 0 aliphatic carbocycles. The number of aliphatic hydroxyl groups is 1. The second-order valence-corrected chi connectivity index (χ2v) is 5.79. The Kier molecular flexibility index (Phi) is 4.26. The van der Waals surface area contributed by atoms with Gasteiger partial charge in [-0.2, -0.15) is 0 Å². The molecule has 0 aliphatic rings. The zero-order valence-electron chi connectivity index (χ0n) is 10.9. The summed E-state index contributed by atoms with van der Waals surface area (Å²) in [6.07, 6.45) is 0. The first kappa shape index (κ1) is 14.4. The number of nitrogens with one attached hydrogen (secondary N) is 1. The van der Waals surface area contributed by atoms with Gasteiger partial charge in [-0.15, -0.1) is 0 Å². The largest absolute Gasteiger partial charge is 0.495 e. The van der Waals surface area contributed by atoms with Gasteiger partial charge in [0.05, 0.1) is 24.3 Å². The Bertz CT molecular complexity index is 684. The van der Waals surface area contributed by atoms with Crippen LogP contribution in [0.25, 0.3) is 0 Å². The van der Waals surface area contributed by atoms with E-state index in [1.54, 1.807) is 36.4 Å². The van der Waals surface area contributed by atoms with Crippen LogP contribution in [0.4, 0.5) is 5.69 Å². The van der Waals surface area contributed by atoms with Gasteiger partial charge in [0.25, 0.3) is 10.0 Å². The van der Waals surface area contributed by atoms with E-state index in [1.807, 2.05) is 0 Å². The molecule has 2 aromatic rings. The molecule has 0 saturated heterocycles. The lowest BCUT2D eigenvalue weighted by Crippen LogP contribution is -2.13. The molecule has 0 saturated carbocycles. The number of rotatable bonds is 5. The first-order valence-electron chi connectivity index (χ1n) is 5.92. The minimum atomic E-state index is -3.66. The molecule has 2 aromatic carbocycles. The fraction of sp³-hybridized carbons (Fsp3) is 0.143. The van der Waals surface area contributed by atoms with Crippen molar-refractivity contribution in [2.24, 2.45) is 0 Å². The van der Waals surface area contributed by atoms with E-state index >= 15 is 0 Å². The Morgan fingerprint density at radius 1 is 1.15 bits per heavy atom. The molecule has 0 aliphatic heterocycles. The third-order valence-electron chi connectivity index (χ3n) is 2.75. The van der Waals surface area contributed by atoms with Gasteiger partial charge in [-0.25, -0.2) is 8.42 Å². The van der Waals surface area contributed by atoms with E-state index in [2.05, 4.69) is 4.72 Å². The van der Waals surface area contributed by atoms with E-state index in [4.69, 9.17) is 9.84 Å². The van der Waals surface area contributed by atoms with Crippen molar-refractivity contribution < 1.29 is 18.3 Å². The average Bonchev–Trinajstić information content (AvgIpc) is 2.48. The molecular formula is C14H15NO4S. The maximum atomic E-state index is 12.2. The smallest absolute Gasteiger partial charge is 0.262 e. The third kappa shape index (κ3) is 3.09. The van der Waals surface area contributed by atoms with Crippen LogP contribution in [0.2, 0.25) is 0 Å². The van der Waals surface area contributed by atoms with Crippen molar-refractivity contribution >= 4 is 15.7 Å². The van der Waals surface area contributed by atoms with Crippen molar-refractivity contribution in [2.75, 3.05) is 11.8 Å². The lowest BCUT2D eigenvalue weighted by atomic mass is 10.2. The lowest BCUT2D eigenvalue weighted by molar-refractivity contribution is 0.281. The summed E-state index contributed by atoms with van der Waals surface area (Å²) >= 11 is 0. The molecule has 0 heterocycles. The van der Waals surface area contributed by atoms with E-state index < -0.39 is 10.0 Å². The second-order valence-electron chi connectivity index (χ2n) is 4.11. The van der Waals surface area contributed by atoms with Crippen LogP contribution in [0, 0.1) is 0 Å². The normalized spacial score (nSPS) is 11.1. The van der Waals surface area contributed by atoms with Gasteiger partial charge in [0.2, 0.25) is 0 Å². The van der Waals surface area contributed by atoms with Crippen molar-refractivity contribution in [3.05, 3.63) is 54.1 Å². The second kappa shape index (κ2) is 5.94. The van der Waals surface area contributed by atoms with Gasteiger partial charge in [0, 0.05) is 0 Å². The number of ether oxygens (including phenoxy) is 1. The third-order valence-corrected chi connectivity index (χ3v) is 4.13. The Morgan fingerprint density at radius 3 is 2.45 bits per heavy atom. The zero-order valence-corrected chi connectivity index (χ0v) is 11.7. The zero-order chi connectivity index (χ0) is 14.6. The highest BCUT2D eigenvalue weighted by molar-refractivity contribution is 7.92. The highest BCUT2D eigenvalue weighted by atomic mass is 32.2. The maximum Gasteiger partial charge on any atom is 0.262 e. The molecule has 0 atom stereocenters. The number of anilines is 1. The SMILES string of the molecule is COc1cc(CO)ccc1NS(=O)(=O)c1ccccc1. The van der Waals surface area contributed by atoms with E-state index in [1.165, 1.54) is 19.2 Å². The number of hydrogen-bond donors (Lipinski definition) is 2. The average molecular weight is 293 g/mol. The quantitative estimate of drug-likeness (QED) is 0.884. The molecule has 2 N–H and O–H groups in total. The van der Waals surface area contributed by atoms with Crippen LogP contribution in [0.15, 0.2) is 53.4 Å². The van der Waals surface area contributed by atoms with Crippen molar-refractivity contribution in [3.63, 3.8) is 0 Å². The number of sulfonamides is 1. The summed E-state index contributed by atoms with van der Waals surface area (Å²) in [6, 6.07) is 12.9. The predicted octanol–water partition coefficient (Wildman–Crippen LogP) is 1.99. The minimum Gasteiger partial charge on any atom is -0.495 e. The summed E-state index contributed by atoms with van der Waals surface area (Å²) in [5, 5.41) is 9.06. The molecule has 0 bridgehead atoms.